The van der Waals surface area contributed by atoms with Crippen LogP contribution in [0.1, 0.15) is 0 Å². The van der Waals surface area contributed by atoms with Crippen molar-refractivity contribution in [1.29, 1.82) is 0 Å². The van der Waals surface area contributed by atoms with Crippen LogP contribution in [0.15, 0.2) is 10.3 Å². The van der Waals surface area contributed by atoms with Gasteiger partial charge in [0.25, 0.3) is 0 Å². The van der Waals surface area contributed by atoms with E-state index in [-0.39, 0.29) is 98.1 Å². The average Bonchev–Trinajstić information content (AvgIpc) is 1.39. The van der Waals surface area contributed by atoms with E-state index in [2.05, 4.69) is 13.4 Å². The van der Waals surface area contributed by atoms with Crippen molar-refractivity contribution in [1.82, 2.24) is 0 Å². The Morgan fingerprint density at radius 2 is 0.778 bits per heavy atom. The molecule has 9 heavy (non-hydrogen) atoms. The molecule has 0 N–H and O–H groups in total. The van der Waals surface area contributed by atoms with Gasteiger partial charge in [0.15, 0.2) is 0 Å². The van der Waals surface area contributed by atoms with Crippen molar-refractivity contribution in [3.63, 3.8) is 0 Å². The minimum absolute atomic E-state index is 0. The number of rotatable bonds is 0. The Hall–Kier alpha value is 2.25. The number of nitrogens with zero attached hydrogens (tertiary/aromatic N) is 2. The molecular formula is C2H4N2O2Y3-2. The molecule has 0 rings (SSSR count). The molecule has 0 bridgehead atoms. The van der Waals surface area contributed by atoms with Gasteiger partial charge in [-0.3, -0.25) is 0 Å². The summed E-state index contributed by atoms with van der Waals surface area (Å²) >= 11 is 0. The summed E-state index contributed by atoms with van der Waals surface area (Å²) in [5.41, 5.74) is 0. The minimum atomic E-state index is 0. The first-order valence-corrected chi connectivity index (χ1v) is 0.998. The van der Waals surface area contributed by atoms with Crippen LogP contribution in [0.5, 0.6) is 0 Å². The number of hydrogen-bond acceptors (Lipinski definition) is 4. The zero-order valence-corrected chi connectivity index (χ0v) is 13.4. The molecule has 7 heteroatoms. The molecule has 0 aliphatic rings. The molecule has 4 nitrogen and oxygen atoms in total. The second-order valence-electron chi connectivity index (χ2n) is 0.258. The molecule has 0 fully saturated rings. The Labute approximate surface area is 130 Å². The van der Waals surface area contributed by atoms with Gasteiger partial charge in [-0.15, -0.1) is 0 Å². The van der Waals surface area contributed by atoms with Gasteiger partial charge in [0.05, 0.1) is 0 Å². The molecule has 0 aliphatic carbocycles. The third-order valence-electron chi connectivity index (χ3n) is 0. The molecule has 0 saturated heterocycles. The van der Waals surface area contributed by atoms with Crippen molar-refractivity contribution in [3.8, 4) is 0 Å². The summed E-state index contributed by atoms with van der Waals surface area (Å²) in [5, 5.41) is 20.9. The first-order chi connectivity index (χ1) is 2.83. The Bertz CT molecular complexity index is 38.8. The van der Waals surface area contributed by atoms with Gasteiger partial charge in [-0.1, -0.05) is 0 Å². The SMILES string of the molecule is C=N[O-].C=N[O-].[Y].[Y].[Y]. The summed E-state index contributed by atoms with van der Waals surface area (Å²) in [6.07, 6.45) is 0. The van der Waals surface area contributed by atoms with Gasteiger partial charge in [0, 0.05) is 98.1 Å². The second kappa shape index (κ2) is 48.5. The van der Waals surface area contributed by atoms with E-state index in [1.165, 1.54) is 0 Å². The maximum Gasteiger partial charge on any atom is 0 e. The van der Waals surface area contributed by atoms with Crippen LogP contribution in [0.25, 0.3) is 0 Å². The van der Waals surface area contributed by atoms with E-state index >= 15 is 0 Å². The van der Waals surface area contributed by atoms with Crippen molar-refractivity contribution >= 4 is 13.4 Å². The van der Waals surface area contributed by atoms with Gasteiger partial charge in [0.1, 0.15) is 0 Å². The van der Waals surface area contributed by atoms with Crippen LogP contribution in [0.3, 0.4) is 0 Å². The van der Waals surface area contributed by atoms with Crippen LogP contribution in [-0.2, 0) is 98.1 Å². The van der Waals surface area contributed by atoms with Crippen molar-refractivity contribution < 1.29 is 98.1 Å². The molecule has 0 aromatic rings. The van der Waals surface area contributed by atoms with Crippen molar-refractivity contribution in [2.24, 2.45) is 10.3 Å². The fraction of sp³-hybridized carbons (Fsp3) is 0. The molecule has 0 aliphatic heterocycles. The summed E-state index contributed by atoms with van der Waals surface area (Å²) in [4.78, 5) is 0. The van der Waals surface area contributed by atoms with Gasteiger partial charge in [-0.05, 0) is 13.4 Å². The Morgan fingerprint density at radius 3 is 0.778 bits per heavy atom. The fourth-order valence-corrected chi connectivity index (χ4v) is 0. The monoisotopic (exact) mass is 355 g/mol. The topological polar surface area (TPSA) is 70.8 Å². The Balaban J connectivity index is -0.00000000889. The van der Waals surface area contributed by atoms with E-state index < -0.39 is 0 Å². The summed E-state index contributed by atoms with van der Waals surface area (Å²) in [6, 6.07) is 0. The molecule has 0 saturated carbocycles. The molecule has 0 aromatic heterocycles. The van der Waals surface area contributed by atoms with Crippen molar-refractivity contribution in [2.75, 3.05) is 0 Å². The molecule has 0 spiro atoms. The molecule has 0 amide bonds. The van der Waals surface area contributed by atoms with Crippen LogP contribution in [0, 0.1) is 10.4 Å². The van der Waals surface area contributed by atoms with Crippen LogP contribution >= 0.6 is 0 Å². The zero-order chi connectivity index (χ0) is 5.41. The van der Waals surface area contributed by atoms with Gasteiger partial charge < -0.3 is 20.7 Å². The first-order valence-electron chi connectivity index (χ1n) is 0.998. The van der Waals surface area contributed by atoms with Crippen molar-refractivity contribution in [3.05, 3.63) is 10.4 Å². The summed E-state index contributed by atoms with van der Waals surface area (Å²) in [7, 11) is 0. The summed E-state index contributed by atoms with van der Waals surface area (Å²) < 4.78 is 0. The molecule has 45 valence electrons. The molecular weight excluding hydrogens is 351 g/mol. The van der Waals surface area contributed by atoms with Crippen LogP contribution in [-0.4, -0.2) is 13.4 Å². The van der Waals surface area contributed by atoms with Crippen LogP contribution in [0.2, 0.25) is 0 Å². The van der Waals surface area contributed by atoms with Gasteiger partial charge in [-0.25, -0.2) is 0 Å². The largest absolute Gasteiger partial charge is 0.793 e. The molecule has 0 heterocycles. The normalized spacial score (nSPS) is 2.67. The minimum Gasteiger partial charge on any atom is -0.793 e. The smallest absolute Gasteiger partial charge is 0 e. The van der Waals surface area contributed by atoms with E-state index in [0.29, 0.717) is 0 Å². The van der Waals surface area contributed by atoms with Crippen molar-refractivity contribution in [2.45, 2.75) is 0 Å². The number of hydrogen-bond donors (Lipinski definition) is 0. The molecule has 0 unspecified atom stereocenters. The zero-order valence-electron chi connectivity index (χ0n) is 4.86. The third kappa shape index (κ3) is 138. The Morgan fingerprint density at radius 1 is 0.778 bits per heavy atom. The van der Waals surface area contributed by atoms with Gasteiger partial charge in [0.2, 0.25) is 0 Å². The first kappa shape index (κ1) is 30.3. The predicted octanol–water partition coefficient (Wildman–Crippen LogP) is 0.362. The van der Waals surface area contributed by atoms with Crippen LogP contribution in [0.4, 0.5) is 0 Å². The fourth-order valence-electron chi connectivity index (χ4n) is 0. The van der Waals surface area contributed by atoms with E-state index in [1.807, 2.05) is 10.3 Å². The predicted molar refractivity (Wildman–Crippen MR) is 25.8 cm³/mol. The quantitative estimate of drug-likeness (QED) is 0.465. The second-order valence-corrected chi connectivity index (χ2v) is 0.258. The average molecular weight is 355 g/mol. The molecule has 3 radical (unpaired) electrons. The maximum absolute atomic E-state index is 8.44. The summed E-state index contributed by atoms with van der Waals surface area (Å²) in [5.74, 6) is 0. The molecule has 0 atom stereocenters. The van der Waals surface area contributed by atoms with Gasteiger partial charge in [-0.2, -0.15) is 0 Å². The molecule has 0 aromatic carbocycles. The van der Waals surface area contributed by atoms with Gasteiger partial charge >= 0.3 is 0 Å². The van der Waals surface area contributed by atoms with E-state index in [4.69, 9.17) is 10.4 Å². The van der Waals surface area contributed by atoms with E-state index in [9.17, 15) is 0 Å². The maximum atomic E-state index is 8.44. The van der Waals surface area contributed by atoms with Crippen LogP contribution < -0.4 is 0 Å². The standard InChI is InChI=1S/2CH3NO.3Y/c2*1-2-3;;;/h2*3H,1H2;;;/p-2. The third-order valence-corrected chi connectivity index (χ3v) is 0. The Kier molecular flexibility index (Phi) is 163. The summed E-state index contributed by atoms with van der Waals surface area (Å²) in [6.45, 7) is 5.11. The van der Waals surface area contributed by atoms with E-state index in [1.54, 1.807) is 0 Å². The van der Waals surface area contributed by atoms with E-state index in [0.717, 1.165) is 0 Å².